The topological polar surface area (TPSA) is 32.3 Å². The van der Waals surface area contributed by atoms with Crippen molar-refractivity contribution in [3.63, 3.8) is 0 Å². The van der Waals surface area contributed by atoms with Crippen molar-refractivity contribution in [3.8, 4) is 0 Å². The minimum atomic E-state index is 0.0456. The molecule has 0 aliphatic rings. The van der Waals surface area contributed by atoms with Crippen LogP contribution in [0.25, 0.3) is 0 Å². The van der Waals surface area contributed by atoms with Gasteiger partial charge in [-0.05, 0) is 25.3 Å². The predicted octanol–water partition coefficient (Wildman–Crippen LogP) is 2.47. The van der Waals surface area contributed by atoms with Crippen molar-refractivity contribution in [3.05, 3.63) is 12.3 Å². The second-order valence-electron chi connectivity index (χ2n) is 4.43. The van der Waals surface area contributed by atoms with Gasteiger partial charge in [-0.1, -0.05) is 27.4 Å². The molecule has 0 aromatic heterocycles. The first-order chi connectivity index (χ1) is 5.37. The minimum absolute atomic E-state index is 0.0456. The summed E-state index contributed by atoms with van der Waals surface area (Å²) in [6, 6.07) is 0.0456. The number of aliphatic hydroxyl groups excluding tert-OH is 1. The highest BCUT2D eigenvalue weighted by molar-refractivity contribution is 4.94. The Balaban J connectivity index is 3.81. The normalized spacial score (nSPS) is 14.3. The Hall–Kier alpha value is -0.500. The third kappa shape index (κ3) is 5.19. The van der Waals surface area contributed by atoms with Crippen molar-refractivity contribution in [2.75, 3.05) is 7.05 Å². The van der Waals surface area contributed by atoms with Gasteiger partial charge >= 0.3 is 0 Å². The number of aliphatic hydroxyl groups is 1. The summed E-state index contributed by atoms with van der Waals surface area (Å²) >= 11 is 0. The van der Waals surface area contributed by atoms with Gasteiger partial charge in [-0.15, -0.1) is 0 Å². The van der Waals surface area contributed by atoms with Crippen LogP contribution in [0.3, 0.4) is 0 Å². The zero-order valence-corrected chi connectivity index (χ0v) is 8.65. The van der Waals surface area contributed by atoms with Crippen LogP contribution >= 0.6 is 0 Å². The fourth-order valence-electron chi connectivity index (χ4n) is 1.05. The van der Waals surface area contributed by atoms with E-state index in [1.54, 1.807) is 0 Å². The molecule has 12 heavy (non-hydrogen) atoms. The van der Waals surface area contributed by atoms with E-state index in [0.29, 0.717) is 5.41 Å². The molecule has 0 spiro atoms. The fraction of sp³-hybridized carbons (Fsp3) is 0.800. The van der Waals surface area contributed by atoms with Crippen molar-refractivity contribution in [1.82, 2.24) is 5.32 Å². The maximum Gasteiger partial charge on any atom is 0.102 e. The number of likely N-dealkylation sites (N-methyl/N-ethyl adjacent to an activating group) is 1. The van der Waals surface area contributed by atoms with E-state index in [2.05, 4.69) is 32.7 Å². The third-order valence-corrected chi connectivity index (χ3v) is 1.93. The summed E-state index contributed by atoms with van der Waals surface area (Å²) < 4.78 is 0. The average Bonchev–Trinajstić information content (AvgIpc) is 1.85. The molecule has 0 unspecified atom stereocenters. The Kier molecular flexibility index (Phi) is 4.32. The highest BCUT2D eigenvalue weighted by Crippen LogP contribution is 2.22. The molecule has 0 fully saturated rings. The smallest absolute Gasteiger partial charge is 0.102 e. The van der Waals surface area contributed by atoms with Crippen LogP contribution in [0.15, 0.2) is 12.3 Å². The van der Waals surface area contributed by atoms with E-state index in [9.17, 15) is 0 Å². The van der Waals surface area contributed by atoms with Crippen molar-refractivity contribution in [2.24, 2.45) is 5.41 Å². The lowest BCUT2D eigenvalue weighted by Crippen LogP contribution is -2.28. The third-order valence-electron chi connectivity index (χ3n) is 1.93. The SMILES string of the molecule is C=C(O)[C@H](CCC(C)(C)C)NC. The van der Waals surface area contributed by atoms with E-state index < -0.39 is 0 Å². The van der Waals surface area contributed by atoms with Crippen LogP contribution in [-0.4, -0.2) is 18.2 Å². The molecule has 0 radical (unpaired) electrons. The Morgan fingerprint density at radius 2 is 2.00 bits per heavy atom. The van der Waals surface area contributed by atoms with Crippen LogP contribution < -0.4 is 5.32 Å². The lowest BCUT2D eigenvalue weighted by molar-refractivity contribution is 0.298. The summed E-state index contributed by atoms with van der Waals surface area (Å²) in [7, 11) is 1.84. The molecular formula is C10H21NO. The zero-order valence-electron chi connectivity index (χ0n) is 8.65. The molecule has 72 valence electrons. The van der Waals surface area contributed by atoms with E-state index >= 15 is 0 Å². The van der Waals surface area contributed by atoms with Gasteiger partial charge in [0.05, 0.1) is 6.04 Å². The molecule has 0 aromatic rings. The van der Waals surface area contributed by atoms with Crippen LogP contribution in [0.2, 0.25) is 0 Å². The van der Waals surface area contributed by atoms with Crippen LogP contribution in [0.5, 0.6) is 0 Å². The monoisotopic (exact) mass is 171 g/mol. The summed E-state index contributed by atoms with van der Waals surface area (Å²) in [5.41, 5.74) is 0.324. The summed E-state index contributed by atoms with van der Waals surface area (Å²) in [4.78, 5) is 0. The summed E-state index contributed by atoms with van der Waals surface area (Å²) in [5.74, 6) is 0.238. The lowest BCUT2D eigenvalue weighted by Gasteiger charge is -2.22. The first-order valence-corrected chi connectivity index (χ1v) is 4.42. The maximum atomic E-state index is 9.15. The van der Waals surface area contributed by atoms with Gasteiger partial charge in [-0.3, -0.25) is 0 Å². The van der Waals surface area contributed by atoms with Crippen molar-refractivity contribution in [1.29, 1.82) is 0 Å². The molecule has 0 aliphatic heterocycles. The van der Waals surface area contributed by atoms with Gasteiger partial charge in [0.2, 0.25) is 0 Å². The van der Waals surface area contributed by atoms with Gasteiger partial charge in [-0.2, -0.15) is 0 Å². The molecule has 0 saturated carbocycles. The quantitative estimate of drug-likeness (QED) is 0.637. The van der Waals surface area contributed by atoms with Crippen molar-refractivity contribution in [2.45, 2.75) is 39.7 Å². The molecule has 2 heteroatoms. The summed E-state index contributed by atoms with van der Waals surface area (Å²) in [5, 5.41) is 12.2. The maximum absolute atomic E-state index is 9.15. The summed E-state index contributed by atoms with van der Waals surface area (Å²) in [6.07, 6.45) is 2.02. The predicted molar refractivity (Wildman–Crippen MR) is 53.3 cm³/mol. The Morgan fingerprint density at radius 1 is 1.50 bits per heavy atom. The van der Waals surface area contributed by atoms with E-state index in [1.165, 1.54) is 0 Å². The molecule has 0 bridgehead atoms. The van der Waals surface area contributed by atoms with Crippen molar-refractivity contribution >= 4 is 0 Å². The average molecular weight is 171 g/mol. The Morgan fingerprint density at radius 3 is 2.25 bits per heavy atom. The first-order valence-electron chi connectivity index (χ1n) is 4.42. The second-order valence-corrected chi connectivity index (χ2v) is 4.43. The lowest BCUT2D eigenvalue weighted by atomic mass is 9.88. The van der Waals surface area contributed by atoms with Gasteiger partial charge in [-0.25, -0.2) is 0 Å². The number of rotatable bonds is 4. The van der Waals surface area contributed by atoms with E-state index in [-0.39, 0.29) is 11.8 Å². The molecule has 1 atom stereocenters. The molecule has 0 aromatic carbocycles. The van der Waals surface area contributed by atoms with Gasteiger partial charge < -0.3 is 10.4 Å². The van der Waals surface area contributed by atoms with Crippen LogP contribution in [0.1, 0.15) is 33.6 Å². The highest BCUT2D eigenvalue weighted by Gasteiger charge is 2.15. The van der Waals surface area contributed by atoms with E-state index in [0.717, 1.165) is 12.8 Å². The van der Waals surface area contributed by atoms with Crippen molar-refractivity contribution < 1.29 is 5.11 Å². The Labute approximate surface area is 75.7 Å². The van der Waals surface area contributed by atoms with Gasteiger partial charge in [0.25, 0.3) is 0 Å². The number of hydrogen-bond donors (Lipinski definition) is 2. The standard InChI is InChI=1S/C10H21NO/c1-8(12)9(11-5)6-7-10(2,3)4/h9,11-12H,1,6-7H2,2-5H3/t9-/m0/s1. The molecule has 0 saturated heterocycles. The minimum Gasteiger partial charge on any atom is -0.511 e. The van der Waals surface area contributed by atoms with Crippen LogP contribution in [0.4, 0.5) is 0 Å². The molecule has 2 N–H and O–H groups in total. The van der Waals surface area contributed by atoms with E-state index in [4.69, 9.17) is 5.11 Å². The van der Waals surface area contributed by atoms with Gasteiger partial charge in [0, 0.05) is 0 Å². The van der Waals surface area contributed by atoms with Crippen LogP contribution in [0, 0.1) is 5.41 Å². The molecular weight excluding hydrogens is 150 g/mol. The molecule has 0 rings (SSSR count). The van der Waals surface area contributed by atoms with Gasteiger partial charge in [0.1, 0.15) is 5.76 Å². The molecule has 0 heterocycles. The second kappa shape index (κ2) is 4.51. The Bertz CT molecular complexity index is 146. The number of hydrogen-bond acceptors (Lipinski definition) is 2. The highest BCUT2D eigenvalue weighted by atomic mass is 16.3. The molecule has 0 aliphatic carbocycles. The molecule has 0 amide bonds. The zero-order chi connectivity index (χ0) is 9.78. The number of nitrogens with one attached hydrogen (secondary N) is 1. The van der Waals surface area contributed by atoms with E-state index in [1.807, 2.05) is 7.05 Å². The largest absolute Gasteiger partial charge is 0.511 e. The summed E-state index contributed by atoms with van der Waals surface area (Å²) in [6.45, 7) is 10.1. The fourth-order valence-corrected chi connectivity index (χ4v) is 1.05. The van der Waals surface area contributed by atoms with Crippen LogP contribution in [-0.2, 0) is 0 Å². The first kappa shape index (κ1) is 11.5. The van der Waals surface area contributed by atoms with Gasteiger partial charge in [0.15, 0.2) is 0 Å². The molecule has 2 nitrogen and oxygen atoms in total.